The molecule has 3 rings (SSSR count). The normalized spacial score (nSPS) is 11.1. The van der Waals surface area contributed by atoms with E-state index >= 15 is 0 Å². The van der Waals surface area contributed by atoms with Crippen molar-refractivity contribution < 1.29 is 9.18 Å². The first kappa shape index (κ1) is 21.3. The highest BCUT2D eigenvalue weighted by atomic mass is 35.5. The van der Waals surface area contributed by atoms with Gasteiger partial charge in [0, 0.05) is 11.6 Å². The number of para-hydroxylation sites is 2. The van der Waals surface area contributed by atoms with Gasteiger partial charge in [0.25, 0.3) is 5.91 Å². The maximum Gasteiger partial charge on any atom is 0.273 e. The lowest BCUT2D eigenvalue weighted by Crippen LogP contribution is -2.28. The van der Waals surface area contributed by atoms with Gasteiger partial charge in [0.2, 0.25) is 0 Å². The fourth-order valence-corrected chi connectivity index (χ4v) is 3.37. The number of benzene rings is 2. The highest BCUT2D eigenvalue weighted by molar-refractivity contribution is 8.00. The third-order valence-electron chi connectivity index (χ3n) is 4.00. The number of nitrogens with one attached hydrogen (secondary N) is 2. The Labute approximate surface area is 178 Å². The molecule has 152 valence electrons. The monoisotopic (exact) mass is 433 g/mol. The van der Waals surface area contributed by atoms with Gasteiger partial charge in [-0.25, -0.2) is 14.4 Å². The van der Waals surface area contributed by atoms with Crippen molar-refractivity contribution in [3.63, 3.8) is 0 Å². The summed E-state index contributed by atoms with van der Waals surface area (Å²) in [6.07, 6.45) is 0.813. The second-order valence-corrected chi connectivity index (χ2v) is 7.89. The number of halogens is 2. The molecule has 1 heterocycles. The molecule has 2 aromatic carbocycles. The molecular weight excluding hydrogens is 413 g/mol. The van der Waals surface area contributed by atoms with Gasteiger partial charge in [0.05, 0.1) is 15.9 Å². The van der Waals surface area contributed by atoms with Gasteiger partial charge in [0.1, 0.15) is 5.82 Å². The molecule has 0 spiro atoms. The van der Waals surface area contributed by atoms with Crippen LogP contribution < -0.4 is 10.0 Å². The van der Waals surface area contributed by atoms with Crippen LogP contribution in [-0.4, -0.2) is 48.0 Å². The van der Waals surface area contributed by atoms with Crippen LogP contribution in [0.1, 0.15) is 16.9 Å². The number of aromatic nitrogens is 2. The third-order valence-corrected chi connectivity index (χ3v) is 5.09. The van der Waals surface area contributed by atoms with Crippen molar-refractivity contribution >= 4 is 46.3 Å². The van der Waals surface area contributed by atoms with E-state index in [1.807, 2.05) is 31.1 Å². The van der Waals surface area contributed by atoms with Crippen molar-refractivity contribution in [3.05, 3.63) is 59.0 Å². The highest BCUT2D eigenvalue weighted by Gasteiger charge is 2.17. The fraction of sp³-hybridized carbons (Fsp3) is 0.250. The second-order valence-electron chi connectivity index (χ2n) is 6.60. The van der Waals surface area contributed by atoms with Crippen LogP contribution in [0.5, 0.6) is 0 Å². The maximum atomic E-state index is 14.1. The Balaban J connectivity index is 1.81. The predicted octanol–water partition coefficient (Wildman–Crippen LogP) is 4.22. The smallest absolute Gasteiger partial charge is 0.273 e. The van der Waals surface area contributed by atoms with Crippen molar-refractivity contribution in [3.8, 4) is 0 Å². The third kappa shape index (κ3) is 5.79. The van der Waals surface area contributed by atoms with Crippen LogP contribution >= 0.6 is 23.5 Å². The van der Waals surface area contributed by atoms with Gasteiger partial charge in [-0.2, -0.15) is 0 Å². The van der Waals surface area contributed by atoms with E-state index in [0.29, 0.717) is 27.5 Å². The molecule has 0 aliphatic carbocycles. The van der Waals surface area contributed by atoms with Crippen molar-refractivity contribution in [2.24, 2.45) is 0 Å². The number of carbonyl (C=O) groups excluding carboxylic acids is 1. The van der Waals surface area contributed by atoms with Crippen LogP contribution in [0.15, 0.2) is 47.4 Å². The van der Waals surface area contributed by atoms with E-state index in [0.717, 1.165) is 24.9 Å². The molecule has 0 aliphatic rings. The average Bonchev–Trinajstić information content (AvgIpc) is 2.69. The predicted molar refractivity (Wildman–Crippen MR) is 116 cm³/mol. The summed E-state index contributed by atoms with van der Waals surface area (Å²) >= 11 is 6.81. The Kier molecular flexibility index (Phi) is 7.24. The Bertz CT molecular complexity index is 1020. The van der Waals surface area contributed by atoms with Crippen LogP contribution in [0.3, 0.4) is 0 Å². The van der Waals surface area contributed by atoms with E-state index in [9.17, 15) is 9.18 Å². The molecule has 0 bridgehead atoms. The number of nitrogens with zero attached hydrogens (tertiary/aromatic N) is 3. The van der Waals surface area contributed by atoms with Crippen molar-refractivity contribution in [2.75, 3.05) is 31.9 Å². The minimum Gasteiger partial charge on any atom is -0.351 e. The number of hydrogen-bond acceptors (Lipinski definition) is 6. The molecule has 2 N–H and O–H groups in total. The Morgan fingerprint density at radius 2 is 1.90 bits per heavy atom. The zero-order chi connectivity index (χ0) is 20.8. The van der Waals surface area contributed by atoms with E-state index < -0.39 is 5.82 Å². The fourth-order valence-electron chi connectivity index (χ4n) is 2.57. The van der Waals surface area contributed by atoms with Gasteiger partial charge >= 0.3 is 0 Å². The first-order valence-electron chi connectivity index (χ1n) is 9.01. The van der Waals surface area contributed by atoms with E-state index in [-0.39, 0.29) is 17.4 Å². The van der Waals surface area contributed by atoms with Gasteiger partial charge in [0.15, 0.2) is 11.5 Å². The van der Waals surface area contributed by atoms with Crippen molar-refractivity contribution in [1.82, 2.24) is 20.2 Å². The summed E-state index contributed by atoms with van der Waals surface area (Å²) in [7, 11) is 3.96. The molecule has 29 heavy (non-hydrogen) atoms. The molecule has 0 saturated heterocycles. The maximum absolute atomic E-state index is 14.1. The summed E-state index contributed by atoms with van der Waals surface area (Å²) in [5.74, 6) is -0.520. The van der Waals surface area contributed by atoms with Gasteiger partial charge in [-0.1, -0.05) is 23.7 Å². The largest absolute Gasteiger partial charge is 0.351 e. The van der Waals surface area contributed by atoms with Crippen LogP contribution in [0.25, 0.3) is 11.0 Å². The molecule has 0 fully saturated rings. The lowest BCUT2D eigenvalue weighted by Gasteiger charge is -2.13. The zero-order valence-corrected chi connectivity index (χ0v) is 17.6. The van der Waals surface area contributed by atoms with Gasteiger partial charge < -0.3 is 14.9 Å². The molecule has 0 aliphatic heterocycles. The quantitative estimate of drug-likeness (QED) is 0.409. The summed E-state index contributed by atoms with van der Waals surface area (Å²) in [5.41, 5.74) is 1.41. The summed E-state index contributed by atoms with van der Waals surface area (Å²) in [5, 5.41) is 3.18. The molecule has 6 nitrogen and oxygen atoms in total. The highest BCUT2D eigenvalue weighted by Crippen LogP contribution is 2.27. The SMILES string of the molecule is CN(C)CCCNC(=O)c1nc2ccccc2nc1NSc1ccc(Cl)cc1F. The standard InChI is InChI=1S/C20H21ClFN5OS/c1-27(2)11-5-10-23-20(28)18-19(25-16-7-4-3-6-15(16)24-18)26-29-17-9-8-13(21)12-14(17)22/h3-4,6-9,12H,5,10-11H2,1-2H3,(H,23,28)(H,25,26). The Morgan fingerprint density at radius 3 is 2.59 bits per heavy atom. The van der Waals surface area contributed by atoms with E-state index in [1.165, 1.54) is 6.07 Å². The van der Waals surface area contributed by atoms with Gasteiger partial charge in [-0.3, -0.25) is 4.79 Å². The van der Waals surface area contributed by atoms with Crippen molar-refractivity contribution in [1.29, 1.82) is 0 Å². The summed E-state index contributed by atoms with van der Waals surface area (Å²) in [6.45, 7) is 1.38. The molecule has 3 aromatic rings. The molecular formula is C20H21ClFN5OS. The van der Waals surface area contributed by atoms with Crippen LogP contribution in [0, 0.1) is 5.82 Å². The molecule has 0 atom stereocenters. The lowest BCUT2D eigenvalue weighted by atomic mass is 10.2. The zero-order valence-electron chi connectivity index (χ0n) is 16.1. The Hall–Kier alpha value is -2.42. The minimum atomic E-state index is -0.460. The number of fused-ring (bicyclic) bond motifs is 1. The van der Waals surface area contributed by atoms with Crippen LogP contribution in [0.2, 0.25) is 5.02 Å². The van der Waals surface area contributed by atoms with Gasteiger partial charge in [-0.05, 0) is 69.3 Å². The molecule has 9 heteroatoms. The number of rotatable bonds is 8. The first-order chi connectivity index (χ1) is 13.9. The lowest BCUT2D eigenvalue weighted by molar-refractivity contribution is 0.0948. The van der Waals surface area contributed by atoms with Crippen molar-refractivity contribution in [2.45, 2.75) is 11.3 Å². The van der Waals surface area contributed by atoms with Crippen LogP contribution in [-0.2, 0) is 0 Å². The number of amides is 1. The number of hydrogen-bond donors (Lipinski definition) is 2. The topological polar surface area (TPSA) is 70.2 Å². The molecule has 0 saturated carbocycles. The summed E-state index contributed by atoms with van der Waals surface area (Å²) in [4.78, 5) is 24.1. The van der Waals surface area contributed by atoms with E-state index in [1.54, 1.807) is 24.3 Å². The molecule has 0 radical (unpaired) electrons. The van der Waals surface area contributed by atoms with Gasteiger partial charge in [-0.15, -0.1) is 0 Å². The number of carbonyl (C=O) groups is 1. The minimum absolute atomic E-state index is 0.162. The Morgan fingerprint density at radius 1 is 1.17 bits per heavy atom. The molecule has 1 aromatic heterocycles. The van der Waals surface area contributed by atoms with E-state index in [4.69, 9.17) is 11.6 Å². The average molecular weight is 434 g/mol. The molecule has 0 unspecified atom stereocenters. The summed E-state index contributed by atoms with van der Waals surface area (Å²) < 4.78 is 17.0. The number of anilines is 1. The van der Waals surface area contributed by atoms with Crippen LogP contribution in [0.4, 0.5) is 10.2 Å². The van der Waals surface area contributed by atoms with E-state index in [2.05, 4.69) is 20.0 Å². The summed E-state index contributed by atoms with van der Waals surface area (Å²) in [6, 6.07) is 11.7. The first-order valence-corrected chi connectivity index (χ1v) is 10.2. The molecule has 1 amide bonds. The second kappa shape index (κ2) is 9.87.